The minimum atomic E-state index is -0.0971. The van der Waals surface area contributed by atoms with Crippen LogP contribution >= 0.6 is 11.6 Å². The van der Waals surface area contributed by atoms with E-state index >= 15 is 0 Å². The lowest BCUT2D eigenvalue weighted by atomic mass is 10.1. The van der Waals surface area contributed by atoms with Gasteiger partial charge < -0.3 is 9.47 Å². The number of hydrogen-bond donors (Lipinski definition) is 0. The second-order valence-electron chi connectivity index (χ2n) is 4.26. The molecule has 5 heteroatoms. The predicted molar refractivity (Wildman–Crippen MR) is 70.2 cm³/mol. The smallest absolute Gasteiger partial charge is 0.270 e. The molecule has 0 aliphatic carbocycles. The Bertz CT molecular complexity index is 505. The van der Waals surface area contributed by atoms with Gasteiger partial charge in [0.15, 0.2) is 5.78 Å². The van der Waals surface area contributed by atoms with Crippen molar-refractivity contribution in [2.75, 3.05) is 19.5 Å². The van der Waals surface area contributed by atoms with Gasteiger partial charge in [-0.1, -0.05) is 12.2 Å². The number of carbonyl (C=O) groups is 2. The highest BCUT2D eigenvalue weighted by Gasteiger charge is 2.27. The lowest BCUT2D eigenvalue weighted by Crippen LogP contribution is -2.28. The van der Waals surface area contributed by atoms with Crippen molar-refractivity contribution >= 4 is 23.3 Å². The van der Waals surface area contributed by atoms with E-state index in [9.17, 15) is 9.59 Å². The fraction of sp³-hybridized carbons (Fsp3) is 0.385. The maximum atomic E-state index is 12.2. The zero-order valence-electron chi connectivity index (χ0n) is 10.2. The summed E-state index contributed by atoms with van der Waals surface area (Å²) >= 11 is 5.56. The van der Waals surface area contributed by atoms with Gasteiger partial charge in [-0.3, -0.25) is 9.59 Å². The third kappa shape index (κ3) is 2.34. The van der Waals surface area contributed by atoms with Gasteiger partial charge in [0.1, 0.15) is 5.69 Å². The van der Waals surface area contributed by atoms with E-state index in [-0.39, 0.29) is 11.7 Å². The Morgan fingerprint density at radius 2 is 2.17 bits per heavy atom. The molecule has 0 fully saturated rings. The topological polar surface area (TPSA) is 42.3 Å². The van der Waals surface area contributed by atoms with Gasteiger partial charge >= 0.3 is 0 Å². The average Bonchev–Trinajstić information content (AvgIpc) is 2.74. The molecule has 18 heavy (non-hydrogen) atoms. The van der Waals surface area contributed by atoms with Crippen molar-refractivity contribution in [3.8, 4) is 0 Å². The molecule has 0 aromatic carbocycles. The standard InChI is InChI=1S/C13H15ClN2O2/c1-15-8-5-11(17)10-4-9-16(7-3-2-6-14)12(10)13(15)18/h2-4,9H,5-8H2,1H3. The summed E-state index contributed by atoms with van der Waals surface area (Å²) in [5, 5.41) is 0. The summed E-state index contributed by atoms with van der Waals surface area (Å²) in [6.45, 7) is 1.03. The minimum Gasteiger partial charge on any atom is -0.340 e. The predicted octanol–water partition coefficient (Wildman–Crippen LogP) is 1.94. The van der Waals surface area contributed by atoms with Crippen LogP contribution in [0.25, 0.3) is 0 Å². The van der Waals surface area contributed by atoms with E-state index in [1.54, 1.807) is 28.8 Å². The number of carbonyl (C=O) groups excluding carboxylic acids is 2. The number of halogens is 1. The Morgan fingerprint density at radius 3 is 2.89 bits per heavy atom. The fourth-order valence-corrected chi connectivity index (χ4v) is 2.15. The first-order valence-corrected chi connectivity index (χ1v) is 6.37. The number of amides is 1. The van der Waals surface area contributed by atoms with Crippen LogP contribution in [0.15, 0.2) is 24.4 Å². The second-order valence-corrected chi connectivity index (χ2v) is 4.56. The van der Waals surface area contributed by atoms with Gasteiger partial charge in [-0.05, 0) is 6.07 Å². The summed E-state index contributed by atoms with van der Waals surface area (Å²) in [6.07, 6.45) is 5.87. The van der Waals surface area contributed by atoms with Gasteiger partial charge in [-0.2, -0.15) is 0 Å². The maximum absolute atomic E-state index is 12.2. The van der Waals surface area contributed by atoms with E-state index in [0.29, 0.717) is 36.6 Å². The lowest BCUT2D eigenvalue weighted by Gasteiger charge is -2.15. The lowest BCUT2D eigenvalue weighted by molar-refractivity contribution is 0.0788. The highest BCUT2D eigenvalue weighted by Crippen LogP contribution is 2.19. The summed E-state index contributed by atoms with van der Waals surface area (Å²) < 4.78 is 1.79. The van der Waals surface area contributed by atoms with Crippen LogP contribution in [0, 0.1) is 0 Å². The van der Waals surface area contributed by atoms with Gasteiger partial charge in [0.2, 0.25) is 0 Å². The summed E-state index contributed by atoms with van der Waals surface area (Å²) in [5.41, 5.74) is 1.02. The van der Waals surface area contributed by atoms with Crippen LogP contribution < -0.4 is 0 Å². The molecular weight excluding hydrogens is 252 g/mol. The molecule has 1 aromatic heterocycles. The molecule has 0 saturated heterocycles. The van der Waals surface area contributed by atoms with E-state index in [1.165, 1.54) is 0 Å². The molecule has 0 radical (unpaired) electrons. The van der Waals surface area contributed by atoms with Crippen molar-refractivity contribution in [3.63, 3.8) is 0 Å². The fourth-order valence-electron chi connectivity index (χ4n) is 2.03. The van der Waals surface area contributed by atoms with Crippen molar-refractivity contribution in [2.45, 2.75) is 13.0 Å². The van der Waals surface area contributed by atoms with Crippen LogP contribution in [0.1, 0.15) is 27.3 Å². The number of rotatable bonds is 3. The van der Waals surface area contributed by atoms with E-state index in [0.717, 1.165) is 0 Å². The average molecular weight is 267 g/mol. The summed E-state index contributed by atoms with van der Waals surface area (Å²) in [4.78, 5) is 25.7. The van der Waals surface area contributed by atoms with Crippen LogP contribution in [0.2, 0.25) is 0 Å². The van der Waals surface area contributed by atoms with Gasteiger partial charge in [-0.25, -0.2) is 0 Å². The maximum Gasteiger partial charge on any atom is 0.270 e. The number of alkyl halides is 1. The molecule has 0 spiro atoms. The summed E-state index contributed by atoms with van der Waals surface area (Å²) in [6, 6.07) is 1.73. The minimum absolute atomic E-state index is 0.0303. The summed E-state index contributed by atoms with van der Waals surface area (Å²) in [5.74, 6) is 0.374. The molecule has 1 aliphatic heterocycles. The van der Waals surface area contributed by atoms with Crippen molar-refractivity contribution in [2.24, 2.45) is 0 Å². The van der Waals surface area contributed by atoms with E-state index in [2.05, 4.69) is 0 Å². The van der Waals surface area contributed by atoms with Crippen LogP contribution in [0.4, 0.5) is 0 Å². The zero-order valence-corrected chi connectivity index (χ0v) is 11.0. The summed E-state index contributed by atoms with van der Waals surface area (Å²) in [7, 11) is 1.72. The van der Waals surface area contributed by atoms with Gasteiger partial charge in [0.05, 0.1) is 0 Å². The van der Waals surface area contributed by atoms with E-state index < -0.39 is 0 Å². The molecule has 0 bridgehead atoms. The largest absolute Gasteiger partial charge is 0.340 e. The molecule has 96 valence electrons. The van der Waals surface area contributed by atoms with Gasteiger partial charge in [0, 0.05) is 44.2 Å². The van der Waals surface area contributed by atoms with E-state index in [1.807, 2.05) is 12.2 Å². The number of Topliss-reactive ketones (excluding diaryl/α,β-unsaturated/α-hetero) is 1. The molecule has 2 rings (SSSR count). The normalized spacial score (nSPS) is 16.2. The number of hydrogen-bond acceptors (Lipinski definition) is 2. The molecule has 4 nitrogen and oxygen atoms in total. The first-order chi connectivity index (χ1) is 8.65. The Kier molecular flexibility index (Phi) is 3.87. The second kappa shape index (κ2) is 5.40. The van der Waals surface area contributed by atoms with Crippen LogP contribution in [0.5, 0.6) is 0 Å². The monoisotopic (exact) mass is 266 g/mol. The number of ketones is 1. The Balaban J connectivity index is 2.38. The third-order valence-electron chi connectivity index (χ3n) is 3.05. The van der Waals surface area contributed by atoms with Gasteiger partial charge in [0.25, 0.3) is 5.91 Å². The molecule has 0 atom stereocenters. The molecule has 2 heterocycles. The molecule has 0 unspecified atom stereocenters. The molecular formula is C13H15ClN2O2. The quantitative estimate of drug-likeness (QED) is 0.620. The Hall–Kier alpha value is -1.55. The molecule has 0 saturated carbocycles. The zero-order chi connectivity index (χ0) is 13.1. The van der Waals surface area contributed by atoms with Crippen molar-refractivity contribution in [3.05, 3.63) is 35.7 Å². The first-order valence-electron chi connectivity index (χ1n) is 5.84. The number of allylic oxidation sites excluding steroid dienone is 2. The molecule has 1 aromatic rings. The Labute approximate surface area is 111 Å². The molecule has 1 amide bonds. The highest BCUT2D eigenvalue weighted by atomic mass is 35.5. The highest BCUT2D eigenvalue weighted by molar-refractivity contribution is 6.18. The number of aromatic nitrogens is 1. The van der Waals surface area contributed by atoms with Crippen molar-refractivity contribution in [1.29, 1.82) is 0 Å². The molecule has 1 aliphatic rings. The Morgan fingerprint density at radius 1 is 1.39 bits per heavy atom. The third-order valence-corrected chi connectivity index (χ3v) is 3.22. The first kappa shape index (κ1) is 12.9. The van der Waals surface area contributed by atoms with Crippen LogP contribution in [0.3, 0.4) is 0 Å². The number of nitrogens with zero attached hydrogens (tertiary/aromatic N) is 2. The van der Waals surface area contributed by atoms with Crippen LogP contribution in [-0.4, -0.2) is 40.6 Å². The SMILES string of the molecule is CN1CCC(=O)c2ccn(CC=CCCl)c2C1=O. The van der Waals surface area contributed by atoms with E-state index in [4.69, 9.17) is 11.6 Å². The van der Waals surface area contributed by atoms with Crippen molar-refractivity contribution in [1.82, 2.24) is 9.47 Å². The van der Waals surface area contributed by atoms with Crippen LogP contribution in [-0.2, 0) is 6.54 Å². The van der Waals surface area contributed by atoms with Crippen molar-refractivity contribution < 1.29 is 9.59 Å². The number of fused-ring (bicyclic) bond motifs is 1. The molecule has 0 N–H and O–H groups in total. The van der Waals surface area contributed by atoms with Gasteiger partial charge in [-0.15, -0.1) is 11.6 Å².